The number of benzene rings is 1. The number of hydrogen-bond acceptors (Lipinski definition) is 4. The van der Waals surface area contributed by atoms with E-state index in [4.69, 9.17) is 5.26 Å². The second-order valence-corrected chi connectivity index (χ2v) is 4.01. The van der Waals surface area contributed by atoms with Crippen LogP contribution in [0.25, 0.3) is 0 Å². The van der Waals surface area contributed by atoms with Crippen molar-refractivity contribution in [3.05, 3.63) is 47.8 Å². The van der Waals surface area contributed by atoms with E-state index in [9.17, 15) is 0 Å². The molecule has 5 nitrogen and oxygen atoms in total. The number of nitriles is 1. The quantitative estimate of drug-likeness (QED) is 0.775. The third-order valence-corrected chi connectivity index (χ3v) is 2.62. The van der Waals surface area contributed by atoms with Crippen molar-refractivity contribution in [3.8, 4) is 6.07 Å². The summed E-state index contributed by atoms with van der Waals surface area (Å²) in [6.07, 6.45) is 4.56. The Morgan fingerprint density at radius 3 is 2.78 bits per heavy atom. The zero-order chi connectivity index (χ0) is 12.6. The normalized spacial score (nSPS) is 10.2. The predicted molar refractivity (Wildman–Crippen MR) is 67.5 cm³/mol. The second-order valence-electron chi connectivity index (χ2n) is 4.01. The summed E-state index contributed by atoms with van der Waals surface area (Å²) >= 11 is 0. The molecule has 1 heterocycles. The topological polar surface area (TPSA) is 66.5 Å². The third-order valence-electron chi connectivity index (χ3n) is 2.62. The number of hydrogen-bond donors (Lipinski definition) is 1. The Balaban J connectivity index is 1.64. The molecule has 0 unspecified atom stereocenters. The number of aromatic nitrogens is 3. The van der Waals surface area contributed by atoms with Crippen molar-refractivity contribution in [2.45, 2.75) is 19.5 Å². The molecule has 0 fully saturated rings. The van der Waals surface area contributed by atoms with Crippen molar-refractivity contribution < 1.29 is 0 Å². The molecule has 2 rings (SSSR count). The Kier molecular flexibility index (Phi) is 4.45. The average Bonchev–Trinajstić information content (AvgIpc) is 2.92. The first-order valence-corrected chi connectivity index (χ1v) is 5.92. The highest BCUT2D eigenvalue weighted by atomic mass is 15.4. The Labute approximate surface area is 106 Å². The molecule has 0 radical (unpaired) electrons. The van der Waals surface area contributed by atoms with Gasteiger partial charge in [-0.1, -0.05) is 17.3 Å². The van der Waals surface area contributed by atoms with Gasteiger partial charge in [-0.25, -0.2) is 0 Å². The van der Waals surface area contributed by atoms with Gasteiger partial charge in [0.15, 0.2) is 0 Å². The van der Waals surface area contributed by atoms with Crippen molar-refractivity contribution in [2.75, 3.05) is 6.54 Å². The summed E-state index contributed by atoms with van der Waals surface area (Å²) in [5.74, 6) is 0. The van der Waals surface area contributed by atoms with E-state index in [2.05, 4.69) is 21.7 Å². The van der Waals surface area contributed by atoms with Crippen molar-refractivity contribution in [3.63, 3.8) is 0 Å². The van der Waals surface area contributed by atoms with Gasteiger partial charge in [0, 0.05) is 19.3 Å². The van der Waals surface area contributed by atoms with E-state index in [1.165, 1.54) is 5.56 Å². The maximum Gasteiger partial charge on any atom is 0.0991 e. The van der Waals surface area contributed by atoms with Crippen LogP contribution in [0.1, 0.15) is 17.5 Å². The zero-order valence-corrected chi connectivity index (χ0v) is 10.1. The SMILES string of the molecule is N#Cc1ccc(CNCCCn2ccnn2)cc1. The lowest BCUT2D eigenvalue weighted by Crippen LogP contribution is -2.16. The van der Waals surface area contributed by atoms with Gasteiger partial charge in [-0.3, -0.25) is 4.68 Å². The van der Waals surface area contributed by atoms with Crippen LogP contribution in [0.5, 0.6) is 0 Å². The molecule has 0 aliphatic rings. The lowest BCUT2D eigenvalue weighted by molar-refractivity contribution is 0.530. The lowest BCUT2D eigenvalue weighted by Gasteiger charge is -2.05. The van der Waals surface area contributed by atoms with E-state index >= 15 is 0 Å². The van der Waals surface area contributed by atoms with Crippen molar-refractivity contribution in [1.29, 1.82) is 5.26 Å². The van der Waals surface area contributed by atoms with Gasteiger partial charge in [0.05, 0.1) is 17.8 Å². The van der Waals surface area contributed by atoms with Crippen LogP contribution in [0, 0.1) is 11.3 Å². The molecule has 0 atom stereocenters. The van der Waals surface area contributed by atoms with Gasteiger partial charge in [-0.15, -0.1) is 5.10 Å². The van der Waals surface area contributed by atoms with Crippen LogP contribution in [0.2, 0.25) is 0 Å². The van der Waals surface area contributed by atoms with Gasteiger partial charge in [0.1, 0.15) is 0 Å². The fourth-order valence-corrected chi connectivity index (χ4v) is 1.65. The molecular weight excluding hydrogens is 226 g/mol. The predicted octanol–water partition coefficient (Wildman–Crippen LogP) is 1.33. The van der Waals surface area contributed by atoms with Crippen molar-refractivity contribution in [1.82, 2.24) is 20.3 Å². The summed E-state index contributed by atoms with van der Waals surface area (Å²) in [6.45, 7) is 2.63. The van der Waals surface area contributed by atoms with Crippen LogP contribution in [-0.2, 0) is 13.1 Å². The van der Waals surface area contributed by atoms with Gasteiger partial charge in [0.2, 0.25) is 0 Å². The molecule has 2 aromatic rings. The molecule has 5 heteroatoms. The molecule has 0 saturated heterocycles. The van der Waals surface area contributed by atoms with Crippen LogP contribution < -0.4 is 5.32 Å². The molecule has 0 aliphatic heterocycles. The summed E-state index contributed by atoms with van der Waals surface area (Å²) in [7, 11) is 0. The molecule has 0 spiro atoms. The highest BCUT2D eigenvalue weighted by Gasteiger charge is 1.95. The first kappa shape index (κ1) is 12.3. The highest BCUT2D eigenvalue weighted by Crippen LogP contribution is 2.02. The molecule has 0 amide bonds. The molecule has 92 valence electrons. The molecule has 1 aromatic heterocycles. The maximum atomic E-state index is 8.69. The lowest BCUT2D eigenvalue weighted by atomic mass is 10.1. The first-order valence-electron chi connectivity index (χ1n) is 5.92. The summed E-state index contributed by atoms with van der Waals surface area (Å²) in [5, 5.41) is 19.7. The summed E-state index contributed by atoms with van der Waals surface area (Å²) in [4.78, 5) is 0. The molecule has 1 N–H and O–H groups in total. The standard InChI is InChI=1S/C13H15N5/c14-10-12-2-4-13(5-3-12)11-15-6-1-8-18-9-7-16-17-18/h2-5,7,9,15H,1,6,8,11H2. The van der Waals surface area contributed by atoms with Crippen molar-refractivity contribution >= 4 is 0 Å². The van der Waals surface area contributed by atoms with E-state index < -0.39 is 0 Å². The first-order chi connectivity index (χ1) is 8.88. The monoisotopic (exact) mass is 241 g/mol. The molecule has 0 bridgehead atoms. The fraction of sp³-hybridized carbons (Fsp3) is 0.308. The maximum absolute atomic E-state index is 8.69. The summed E-state index contributed by atoms with van der Waals surface area (Å²) < 4.78 is 1.82. The minimum absolute atomic E-state index is 0.699. The Morgan fingerprint density at radius 1 is 1.28 bits per heavy atom. The Bertz CT molecular complexity index is 495. The molecule has 1 aromatic carbocycles. The minimum atomic E-state index is 0.699. The molecule has 18 heavy (non-hydrogen) atoms. The van der Waals surface area contributed by atoms with Gasteiger partial charge in [-0.05, 0) is 30.7 Å². The largest absolute Gasteiger partial charge is 0.313 e. The fourth-order valence-electron chi connectivity index (χ4n) is 1.65. The Morgan fingerprint density at radius 2 is 2.11 bits per heavy atom. The Hall–Kier alpha value is -2.19. The van der Waals surface area contributed by atoms with Crippen LogP contribution in [0.15, 0.2) is 36.7 Å². The third kappa shape index (κ3) is 3.68. The van der Waals surface area contributed by atoms with Gasteiger partial charge >= 0.3 is 0 Å². The summed E-state index contributed by atoms with van der Waals surface area (Å²) in [6, 6.07) is 9.74. The highest BCUT2D eigenvalue weighted by molar-refractivity contribution is 5.31. The number of aryl methyl sites for hydroxylation is 1. The smallest absolute Gasteiger partial charge is 0.0991 e. The van der Waals surface area contributed by atoms with E-state index in [0.29, 0.717) is 5.56 Å². The van der Waals surface area contributed by atoms with Crippen LogP contribution in [0.3, 0.4) is 0 Å². The van der Waals surface area contributed by atoms with Crippen LogP contribution in [0.4, 0.5) is 0 Å². The van der Waals surface area contributed by atoms with Gasteiger partial charge in [-0.2, -0.15) is 5.26 Å². The van der Waals surface area contributed by atoms with E-state index in [1.807, 2.05) is 35.1 Å². The van der Waals surface area contributed by atoms with E-state index in [0.717, 1.165) is 26.1 Å². The average molecular weight is 241 g/mol. The minimum Gasteiger partial charge on any atom is -0.313 e. The molecular formula is C13H15N5. The van der Waals surface area contributed by atoms with Gasteiger partial charge < -0.3 is 5.32 Å². The number of nitrogens with zero attached hydrogens (tertiary/aromatic N) is 4. The van der Waals surface area contributed by atoms with Crippen LogP contribution >= 0.6 is 0 Å². The van der Waals surface area contributed by atoms with E-state index in [-0.39, 0.29) is 0 Å². The zero-order valence-electron chi connectivity index (χ0n) is 10.1. The molecule has 0 saturated carbocycles. The second kappa shape index (κ2) is 6.52. The van der Waals surface area contributed by atoms with Crippen LogP contribution in [-0.4, -0.2) is 21.5 Å². The summed E-state index contributed by atoms with van der Waals surface area (Å²) in [5.41, 5.74) is 1.89. The van der Waals surface area contributed by atoms with E-state index in [1.54, 1.807) is 6.20 Å². The number of rotatable bonds is 6. The molecule has 0 aliphatic carbocycles. The van der Waals surface area contributed by atoms with Crippen molar-refractivity contribution in [2.24, 2.45) is 0 Å². The number of nitrogens with one attached hydrogen (secondary N) is 1. The van der Waals surface area contributed by atoms with Gasteiger partial charge in [0.25, 0.3) is 0 Å².